The number of fused-ring (bicyclic) bond motifs is 11. The standard InChI is InChI=1S/C46H28N2O/c1-2-12-31(13-3-1)47-39-19-9-6-15-33(39)37-26-29(22-24-41(37)47)30-23-25-42-38(27-30)34-16-7-10-20-40(34)48(42)43-28-45-46(35-17-5-4-14-32(35)43)36-18-8-11-21-44(36)49-45/h1-28H. The Morgan fingerprint density at radius 3 is 1.53 bits per heavy atom. The fourth-order valence-electron chi connectivity index (χ4n) is 8.17. The number of rotatable bonds is 3. The molecule has 0 aliphatic heterocycles. The molecule has 3 aromatic heterocycles. The number of aromatic nitrogens is 2. The van der Waals surface area contributed by atoms with Gasteiger partial charge >= 0.3 is 0 Å². The van der Waals surface area contributed by atoms with Crippen molar-refractivity contribution in [3.8, 4) is 22.5 Å². The number of benzene rings is 8. The molecule has 0 saturated heterocycles. The molecule has 0 radical (unpaired) electrons. The lowest BCUT2D eigenvalue weighted by Gasteiger charge is -2.13. The van der Waals surface area contributed by atoms with Gasteiger partial charge in [-0.3, -0.25) is 0 Å². The molecule has 0 atom stereocenters. The van der Waals surface area contributed by atoms with Crippen LogP contribution in [0.2, 0.25) is 0 Å². The summed E-state index contributed by atoms with van der Waals surface area (Å²) in [5, 5.41) is 9.69. The maximum atomic E-state index is 6.48. The Morgan fingerprint density at radius 2 is 0.837 bits per heavy atom. The highest BCUT2D eigenvalue weighted by Crippen LogP contribution is 2.42. The van der Waals surface area contributed by atoms with Crippen LogP contribution >= 0.6 is 0 Å². The Hall–Kier alpha value is -6.58. The molecule has 0 amide bonds. The summed E-state index contributed by atoms with van der Waals surface area (Å²) in [4.78, 5) is 0. The molecular weight excluding hydrogens is 597 g/mol. The molecule has 0 aliphatic rings. The van der Waals surface area contributed by atoms with E-state index in [1.54, 1.807) is 0 Å². The van der Waals surface area contributed by atoms with Gasteiger partial charge in [-0.05, 0) is 71.1 Å². The molecule has 8 aromatic carbocycles. The van der Waals surface area contributed by atoms with Crippen LogP contribution in [0.25, 0.3) is 98.8 Å². The minimum Gasteiger partial charge on any atom is -0.456 e. The zero-order valence-corrected chi connectivity index (χ0v) is 26.5. The third-order valence-corrected chi connectivity index (χ3v) is 10.3. The summed E-state index contributed by atoms with van der Waals surface area (Å²) in [6.07, 6.45) is 0. The minimum atomic E-state index is 0.903. The lowest BCUT2D eigenvalue weighted by Crippen LogP contribution is -1.95. The molecule has 3 nitrogen and oxygen atoms in total. The number of hydrogen-bond donors (Lipinski definition) is 0. The molecular formula is C46H28N2O. The monoisotopic (exact) mass is 624 g/mol. The first-order valence-electron chi connectivity index (χ1n) is 16.8. The fraction of sp³-hybridized carbons (Fsp3) is 0. The second-order valence-electron chi connectivity index (χ2n) is 12.9. The Labute approximate surface area is 281 Å². The van der Waals surface area contributed by atoms with E-state index in [9.17, 15) is 0 Å². The van der Waals surface area contributed by atoms with Crippen molar-refractivity contribution in [3.63, 3.8) is 0 Å². The summed E-state index contributed by atoms with van der Waals surface area (Å²) in [6, 6.07) is 61.2. The van der Waals surface area contributed by atoms with E-state index < -0.39 is 0 Å². The first kappa shape index (κ1) is 26.5. The smallest absolute Gasteiger partial charge is 0.138 e. The molecule has 3 heterocycles. The van der Waals surface area contributed by atoms with Crippen LogP contribution in [-0.2, 0) is 0 Å². The summed E-state index contributed by atoms with van der Waals surface area (Å²) in [7, 11) is 0. The lowest BCUT2D eigenvalue weighted by atomic mass is 10.0. The van der Waals surface area contributed by atoms with Gasteiger partial charge in [0.05, 0.1) is 27.8 Å². The predicted molar refractivity (Wildman–Crippen MR) is 205 cm³/mol. The quantitative estimate of drug-likeness (QED) is 0.192. The van der Waals surface area contributed by atoms with E-state index in [-0.39, 0.29) is 0 Å². The predicted octanol–water partition coefficient (Wildman–Crippen LogP) is 12.6. The number of hydrogen-bond acceptors (Lipinski definition) is 1. The van der Waals surface area contributed by atoms with Crippen LogP contribution in [0.4, 0.5) is 0 Å². The van der Waals surface area contributed by atoms with Crippen LogP contribution < -0.4 is 0 Å². The minimum absolute atomic E-state index is 0.903. The van der Waals surface area contributed by atoms with Crippen molar-refractivity contribution in [1.29, 1.82) is 0 Å². The number of furan rings is 1. The molecule has 0 spiro atoms. The van der Waals surface area contributed by atoms with Gasteiger partial charge in [0, 0.05) is 49.5 Å². The average molecular weight is 625 g/mol. The number of para-hydroxylation sites is 4. The molecule has 11 aromatic rings. The van der Waals surface area contributed by atoms with E-state index in [1.165, 1.54) is 76.6 Å². The van der Waals surface area contributed by atoms with E-state index in [1.807, 2.05) is 6.07 Å². The summed E-state index contributed by atoms with van der Waals surface area (Å²) in [6.45, 7) is 0. The average Bonchev–Trinajstić information content (AvgIpc) is 3.82. The highest BCUT2D eigenvalue weighted by Gasteiger charge is 2.19. The van der Waals surface area contributed by atoms with Crippen LogP contribution in [0.5, 0.6) is 0 Å². The molecule has 0 aliphatic carbocycles. The van der Waals surface area contributed by atoms with Gasteiger partial charge < -0.3 is 13.6 Å². The van der Waals surface area contributed by atoms with Gasteiger partial charge in [0.15, 0.2) is 0 Å². The molecule has 228 valence electrons. The van der Waals surface area contributed by atoms with Gasteiger partial charge in [-0.2, -0.15) is 0 Å². The van der Waals surface area contributed by atoms with Crippen LogP contribution in [0, 0.1) is 0 Å². The fourth-order valence-corrected chi connectivity index (χ4v) is 8.17. The van der Waals surface area contributed by atoms with Crippen molar-refractivity contribution in [2.24, 2.45) is 0 Å². The molecule has 49 heavy (non-hydrogen) atoms. The molecule has 0 saturated carbocycles. The van der Waals surface area contributed by atoms with Crippen LogP contribution in [0.15, 0.2) is 174 Å². The van der Waals surface area contributed by atoms with Crippen molar-refractivity contribution >= 4 is 76.3 Å². The van der Waals surface area contributed by atoms with E-state index >= 15 is 0 Å². The van der Waals surface area contributed by atoms with Crippen molar-refractivity contribution in [2.75, 3.05) is 0 Å². The molecule has 0 unspecified atom stereocenters. The third-order valence-electron chi connectivity index (χ3n) is 10.3. The lowest BCUT2D eigenvalue weighted by molar-refractivity contribution is 0.669. The Kier molecular flexibility index (Phi) is 5.38. The summed E-state index contributed by atoms with van der Waals surface area (Å²) in [5.74, 6) is 0. The summed E-state index contributed by atoms with van der Waals surface area (Å²) < 4.78 is 11.3. The van der Waals surface area contributed by atoms with Crippen molar-refractivity contribution in [2.45, 2.75) is 0 Å². The van der Waals surface area contributed by atoms with Crippen LogP contribution in [0.3, 0.4) is 0 Å². The Morgan fingerprint density at radius 1 is 0.327 bits per heavy atom. The molecule has 3 heteroatoms. The Bertz CT molecular complexity index is 3100. The molecule has 0 N–H and O–H groups in total. The van der Waals surface area contributed by atoms with Gasteiger partial charge in [-0.25, -0.2) is 0 Å². The van der Waals surface area contributed by atoms with Gasteiger partial charge in [0.1, 0.15) is 11.2 Å². The molecule has 0 bridgehead atoms. The topological polar surface area (TPSA) is 23.0 Å². The SMILES string of the molecule is c1ccc(-n2c3ccccc3c3cc(-c4ccc5c(c4)c4ccccc4n5-c4cc5oc6ccccc6c5c5ccccc45)ccc32)cc1. The van der Waals surface area contributed by atoms with Crippen molar-refractivity contribution in [3.05, 3.63) is 170 Å². The van der Waals surface area contributed by atoms with Gasteiger partial charge in [0.25, 0.3) is 0 Å². The maximum Gasteiger partial charge on any atom is 0.138 e. The first-order valence-corrected chi connectivity index (χ1v) is 16.8. The van der Waals surface area contributed by atoms with Gasteiger partial charge in [-0.1, -0.05) is 109 Å². The zero-order chi connectivity index (χ0) is 32.1. The zero-order valence-electron chi connectivity index (χ0n) is 26.5. The summed E-state index contributed by atoms with van der Waals surface area (Å²) in [5.41, 5.74) is 11.3. The summed E-state index contributed by atoms with van der Waals surface area (Å²) >= 11 is 0. The van der Waals surface area contributed by atoms with Crippen molar-refractivity contribution < 1.29 is 4.42 Å². The van der Waals surface area contributed by atoms with E-state index in [0.29, 0.717) is 0 Å². The molecule has 0 fully saturated rings. The normalized spacial score (nSPS) is 12.1. The van der Waals surface area contributed by atoms with Crippen LogP contribution in [0.1, 0.15) is 0 Å². The first-order chi connectivity index (χ1) is 24.3. The third kappa shape index (κ3) is 3.73. The van der Waals surface area contributed by atoms with Gasteiger partial charge in [-0.15, -0.1) is 0 Å². The second-order valence-corrected chi connectivity index (χ2v) is 12.9. The largest absolute Gasteiger partial charge is 0.456 e. The molecule has 11 rings (SSSR count). The maximum absolute atomic E-state index is 6.48. The highest BCUT2D eigenvalue weighted by atomic mass is 16.3. The number of nitrogens with zero attached hydrogens (tertiary/aromatic N) is 2. The van der Waals surface area contributed by atoms with E-state index in [2.05, 4.69) is 173 Å². The van der Waals surface area contributed by atoms with E-state index in [0.717, 1.165) is 22.2 Å². The van der Waals surface area contributed by atoms with Gasteiger partial charge in [0.2, 0.25) is 0 Å². The second kappa shape index (κ2) is 9.96. The Balaban J connectivity index is 1.15. The van der Waals surface area contributed by atoms with E-state index in [4.69, 9.17) is 4.42 Å². The highest BCUT2D eigenvalue weighted by molar-refractivity contribution is 6.22. The van der Waals surface area contributed by atoms with Crippen LogP contribution in [-0.4, -0.2) is 9.13 Å². The van der Waals surface area contributed by atoms with Crippen molar-refractivity contribution in [1.82, 2.24) is 9.13 Å².